The molecular weight excluding hydrogens is 800 g/mol. The number of aromatic amines is 4. The number of hydrogen-bond donors (Lipinski definition) is 8. The molecule has 1 aliphatic rings. The summed E-state index contributed by atoms with van der Waals surface area (Å²) in [4.78, 5) is 12.2. The third-order valence-corrected chi connectivity index (χ3v) is 10.2. The molecule has 0 saturated carbocycles. The minimum absolute atomic E-state index is 0.0526. The Kier molecular flexibility index (Phi) is 8.73. The number of benzene rings is 4. The first-order valence-electron chi connectivity index (χ1n) is 17.7. The van der Waals surface area contributed by atoms with Crippen LogP contribution in [-0.2, 0) is 0 Å². The number of phenols is 4. The molecule has 1 aliphatic heterocycles. The van der Waals surface area contributed by atoms with Crippen molar-refractivity contribution in [1.82, 2.24) is 19.9 Å². The van der Waals surface area contributed by atoms with Gasteiger partial charge in [0, 0.05) is 88.7 Å². The Morgan fingerprint density at radius 2 is 0.483 bits per heavy atom. The predicted octanol–water partition coefficient (Wildman–Crippen LogP) is 6.24. The highest BCUT2D eigenvalue weighted by molar-refractivity contribution is 5.85. The van der Waals surface area contributed by atoms with Crippen molar-refractivity contribution < 1.29 is 55.5 Å². The quantitative estimate of drug-likeness (QED) is 0.0996. The van der Waals surface area contributed by atoms with Gasteiger partial charge in [-0.05, 0) is 97.1 Å². The standard InChI is InChI=1S/C44H24F8N4O4/c45-21-5-1-17(37(49)41(21)57)33-25-9-11-27(53-25)34(18-2-6-22(46)42(58)38(18)50)29-13-15-31(55-29)36(20-4-8-24(48)44(60)40(20)52)32-16-14-30(56-32)35(28-12-10-26(33)54-28)19-3-7-23(47)43(59)39(19)51/h1-16,53-60H. The summed E-state index contributed by atoms with van der Waals surface area (Å²) < 4.78 is 121. The van der Waals surface area contributed by atoms with Crippen LogP contribution in [0.2, 0.25) is 0 Å². The van der Waals surface area contributed by atoms with Gasteiger partial charge in [0.1, 0.15) is 0 Å². The van der Waals surface area contributed by atoms with Crippen LogP contribution >= 0.6 is 0 Å². The summed E-state index contributed by atoms with van der Waals surface area (Å²) in [7, 11) is 0. The van der Waals surface area contributed by atoms with E-state index in [2.05, 4.69) is 19.9 Å². The molecule has 300 valence electrons. The van der Waals surface area contributed by atoms with Crippen LogP contribution in [0.25, 0.3) is 22.3 Å². The molecule has 0 atom stereocenters. The van der Waals surface area contributed by atoms with Crippen LogP contribution in [0.3, 0.4) is 0 Å². The minimum Gasteiger partial charge on any atom is -0.503 e. The van der Waals surface area contributed by atoms with Gasteiger partial charge in [0.2, 0.25) is 0 Å². The first-order chi connectivity index (χ1) is 28.7. The van der Waals surface area contributed by atoms with Crippen LogP contribution in [-0.4, -0.2) is 40.4 Å². The molecule has 0 saturated heterocycles. The lowest BCUT2D eigenvalue weighted by molar-refractivity contribution is 0.395. The van der Waals surface area contributed by atoms with Gasteiger partial charge in [-0.3, -0.25) is 0 Å². The van der Waals surface area contributed by atoms with Crippen LogP contribution < -0.4 is 21.4 Å². The van der Waals surface area contributed by atoms with Gasteiger partial charge in [-0.25, -0.2) is 35.1 Å². The molecule has 8 nitrogen and oxygen atoms in total. The third kappa shape index (κ3) is 5.82. The lowest BCUT2D eigenvalue weighted by Gasteiger charge is -2.12. The second-order valence-electron chi connectivity index (χ2n) is 13.7. The molecule has 8 aromatic rings. The average Bonchev–Trinajstić information content (AvgIpc) is 4.08. The van der Waals surface area contributed by atoms with E-state index in [0.717, 1.165) is 48.5 Å². The number of halogens is 8. The van der Waals surface area contributed by atoms with E-state index in [9.17, 15) is 38.0 Å². The highest BCUT2D eigenvalue weighted by atomic mass is 19.2. The van der Waals surface area contributed by atoms with Crippen LogP contribution in [0.5, 0.6) is 23.0 Å². The lowest BCUT2D eigenvalue weighted by Crippen LogP contribution is -2.20. The van der Waals surface area contributed by atoms with Crippen LogP contribution in [0.1, 0.15) is 45.0 Å². The maximum Gasteiger partial charge on any atom is 0.188 e. The fourth-order valence-corrected chi connectivity index (χ4v) is 7.42. The van der Waals surface area contributed by atoms with Gasteiger partial charge in [0.15, 0.2) is 69.5 Å². The highest BCUT2D eigenvalue weighted by Crippen LogP contribution is 2.36. The van der Waals surface area contributed by atoms with Gasteiger partial charge in [-0.15, -0.1) is 0 Å². The zero-order chi connectivity index (χ0) is 42.3. The minimum atomic E-state index is -1.38. The second kappa shape index (κ2) is 13.9. The smallest absolute Gasteiger partial charge is 0.188 e. The number of rotatable bonds is 4. The van der Waals surface area contributed by atoms with Crippen LogP contribution in [0.4, 0.5) is 35.1 Å². The van der Waals surface area contributed by atoms with Crippen LogP contribution in [0, 0.1) is 46.5 Å². The Hall–Kier alpha value is -7.88. The van der Waals surface area contributed by atoms with Crippen molar-refractivity contribution in [3.8, 4) is 23.0 Å². The third-order valence-electron chi connectivity index (χ3n) is 10.2. The van der Waals surface area contributed by atoms with Crippen molar-refractivity contribution in [2.45, 2.75) is 0 Å². The number of phenolic OH excluding ortho intramolecular Hbond substituents is 4. The SMILES string of the molecule is Oc1c(F)ccc(C2=c3ccc([nH]3)=C(c3ccc(F)c(O)c3F)c3ccc([nH]3)C(c3ccc(F)c(O)c3F)=c3ccc([nH]3)=C(c3ccc(F)c(O)c3F)c3ccc2[nH]3)c1F. The average molecular weight is 825 g/mol. The summed E-state index contributed by atoms with van der Waals surface area (Å²) in [6.45, 7) is 0. The normalized spacial score (nSPS) is 12.8. The van der Waals surface area contributed by atoms with Gasteiger partial charge >= 0.3 is 0 Å². The first-order valence-corrected chi connectivity index (χ1v) is 17.7. The number of aromatic hydroxyl groups is 4. The molecule has 16 heteroatoms. The van der Waals surface area contributed by atoms with E-state index >= 15 is 17.6 Å². The molecular formula is C44H24F8N4O4. The summed E-state index contributed by atoms with van der Waals surface area (Å²) in [5.41, 5.74) is -1.45. The zero-order valence-corrected chi connectivity index (χ0v) is 30.1. The lowest BCUT2D eigenvalue weighted by atomic mass is 10.0. The molecule has 4 aromatic heterocycles. The Labute approximate surface area is 330 Å². The molecule has 8 bridgehead atoms. The highest BCUT2D eigenvalue weighted by Gasteiger charge is 2.26. The van der Waals surface area contributed by atoms with E-state index < -0.39 is 69.5 Å². The molecule has 60 heavy (non-hydrogen) atoms. The Balaban J connectivity index is 1.49. The van der Waals surface area contributed by atoms with E-state index in [1.165, 1.54) is 48.5 Å². The molecule has 5 heterocycles. The van der Waals surface area contributed by atoms with Gasteiger partial charge in [-0.2, -0.15) is 0 Å². The monoisotopic (exact) mass is 824 g/mol. The summed E-state index contributed by atoms with van der Waals surface area (Å²) in [5, 5.41) is 41.6. The van der Waals surface area contributed by atoms with Gasteiger partial charge in [0.05, 0.1) is 0 Å². The van der Waals surface area contributed by atoms with Crippen molar-refractivity contribution in [2.24, 2.45) is 0 Å². The summed E-state index contributed by atoms with van der Waals surface area (Å²) in [5.74, 6) is -15.9. The maximum atomic E-state index is 15.9. The van der Waals surface area contributed by atoms with Crippen LogP contribution in [0.15, 0.2) is 97.1 Å². The molecule has 0 radical (unpaired) electrons. The maximum absolute atomic E-state index is 15.9. The fraction of sp³-hybridized carbons (Fsp3) is 0. The summed E-state index contributed by atoms with van der Waals surface area (Å²) in [6.07, 6.45) is 0. The summed E-state index contributed by atoms with van der Waals surface area (Å²) >= 11 is 0. The van der Waals surface area contributed by atoms with Gasteiger partial charge in [0.25, 0.3) is 0 Å². The van der Waals surface area contributed by atoms with E-state index in [1.54, 1.807) is 0 Å². The Bertz CT molecular complexity index is 2940. The molecule has 4 aromatic carbocycles. The van der Waals surface area contributed by atoms with Crippen molar-refractivity contribution in [3.63, 3.8) is 0 Å². The Morgan fingerprint density at radius 3 is 0.700 bits per heavy atom. The van der Waals surface area contributed by atoms with Crippen molar-refractivity contribution >= 4 is 22.3 Å². The van der Waals surface area contributed by atoms with E-state index in [-0.39, 0.29) is 88.7 Å². The number of fused-ring (bicyclic) bond motifs is 8. The molecule has 0 aliphatic carbocycles. The molecule has 9 rings (SSSR count). The fourth-order valence-electron chi connectivity index (χ4n) is 7.42. The second-order valence-corrected chi connectivity index (χ2v) is 13.7. The number of hydrogen-bond acceptors (Lipinski definition) is 4. The number of nitrogens with one attached hydrogen (secondary N) is 4. The number of aromatic nitrogens is 4. The van der Waals surface area contributed by atoms with Crippen molar-refractivity contribution in [1.29, 1.82) is 0 Å². The molecule has 0 amide bonds. The Morgan fingerprint density at radius 1 is 0.267 bits per heavy atom. The first kappa shape index (κ1) is 37.7. The van der Waals surface area contributed by atoms with E-state index in [4.69, 9.17) is 0 Å². The molecule has 0 fully saturated rings. The van der Waals surface area contributed by atoms with Gasteiger partial charge in [-0.1, -0.05) is 0 Å². The van der Waals surface area contributed by atoms with Gasteiger partial charge < -0.3 is 40.4 Å². The number of H-pyrrole nitrogens is 4. The van der Waals surface area contributed by atoms with E-state index in [0.29, 0.717) is 0 Å². The molecule has 8 N–H and O–H groups in total. The van der Waals surface area contributed by atoms with Crippen molar-refractivity contribution in [3.05, 3.63) is 210 Å². The largest absolute Gasteiger partial charge is 0.503 e. The summed E-state index contributed by atoms with van der Waals surface area (Å²) in [6, 6.07) is 18.8. The topological polar surface area (TPSA) is 144 Å². The predicted molar refractivity (Wildman–Crippen MR) is 200 cm³/mol. The molecule has 0 unspecified atom stereocenters. The molecule has 0 spiro atoms. The zero-order valence-electron chi connectivity index (χ0n) is 30.1. The van der Waals surface area contributed by atoms with E-state index in [1.807, 2.05) is 0 Å². The van der Waals surface area contributed by atoms with Crippen molar-refractivity contribution in [2.75, 3.05) is 0 Å².